The topological polar surface area (TPSA) is 106 Å². The zero-order valence-corrected chi connectivity index (χ0v) is 12.6. The van der Waals surface area contributed by atoms with Crippen LogP contribution in [0.2, 0.25) is 5.02 Å². The molecule has 114 valence electrons. The van der Waals surface area contributed by atoms with Gasteiger partial charge in [0.05, 0.1) is 10.7 Å². The van der Waals surface area contributed by atoms with Crippen LogP contribution in [-0.2, 0) is 14.6 Å². The average Bonchev–Trinajstić information content (AvgIpc) is 2.39. The molecule has 1 aromatic rings. The number of hydrogen-bond acceptors (Lipinski definition) is 5. The molecule has 1 rings (SSSR count). The Kier molecular flexibility index (Phi) is 5.45. The minimum atomic E-state index is -3.65. The van der Waals surface area contributed by atoms with Crippen LogP contribution in [0.4, 0.5) is 11.4 Å². The molecule has 9 heteroatoms. The Balaban J connectivity index is 2.96. The van der Waals surface area contributed by atoms with Gasteiger partial charge in [-0.05, 0) is 19.1 Å². The normalized spacial score (nSPS) is 12.5. The lowest BCUT2D eigenvalue weighted by molar-refractivity contribution is -0.384. The number of rotatable bonds is 6. The number of carbonyl (C=O) groups is 1. The summed E-state index contributed by atoms with van der Waals surface area (Å²) < 4.78 is 23.5. The minimum Gasteiger partial charge on any atom is -0.325 e. The first kappa shape index (κ1) is 17.1. The smallest absolute Gasteiger partial charge is 0.289 e. The van der Waals surface area contributed by atoms with Crippen molar-refractivity contribution in [3.05, 3.63) is 46.0 Å². The number of carbonyl (C=O) groups excluding carboxylic acids is 1. The summed E-state index contributed by atoms with van der Waals surface area (Å²) in [6.07, 6.45) is 1.19. The molecule has 1 aromatic carbocycles. The quantitative estimate of drug-likeness (QED) is 0.488. The number of nitro groups is 1. The number of anilines is 1. The summed E-state index contributed by atoms with van der Waals surface area (Å²) in [7, 11) is -3.65. The van der Waals surface area contributed by atoms with Crippen LogP contribution < -0.4 is 5.32 Å². The van der Waals surface area contributed by atoms with Gasteiger partial charge in [0.15, 0.2) is 9.84 Å². The minimum absolute atomic E-state index is 0.0784. The molecule has 0 fully saturated rings. The Bertz CT molecular complexity index is 687. The lowest BCUT2D eigenvalue weighted by atomic mass is 10.2. The van der Waals surface area contributed by atoms with Gasteiger partial charge in [0.2, 0.25) is 5.91 Å². The van der Waals surface area contributed by atoms with Gasteiger partial charge in [0.1, 0.15) is 10.3 Å². The van der Waals surface area contributed by atoms with Crippen LogP contribution in [0.3, 0.4) is 0 Å². The van der Waals surface area contributed by atoms with Crippen LogP contribution in [0.5, 0.6) is 0 Å². The fourth-order valence-electron chi connectivity index (χ4n) is 1.45. The zero-order valence-electron chi connectivity index (χ0n) is 11.1. The predicted octanol–water partition coefficient (Wildman–Crippen LogP) is 2.18. The van der Waals surface area contributed by atoms with Gasteiger partial charge in [-0.15, -0.1) is 6.58 Å². The number of nitro benzene ring substituents is 1. The van der Waals surface area contributed by atoms with E-state index in [1.807, 2.05) is 0 Å². The van der Waals surface area contributed by atoms with E-state index in [2.05, 4.69) is 11.9 Å². The zero-order chi connectivity index (χ0) is 16.2. The summed E-state index contributed by atoms with van der Waals surface area (Å²) in [5, 5.41) is 11.7. The number of benzene rings is 1. The van der Waals surface area contributed by atoms with E-state index in [4.69, 9.17) is 11.6 Å². The van der Waals surface area contributed by atoms with Gasteiger partial charge in [-0.25, -0.2) is 8.42 Å². The highest BCUT2D eigenvalue weighted by Gasteiger charge is 2.27. The Morgan fingerprint density at radius 2 is 2.19 bits per heavy atom. The van der Waals surface area contributed by atoms with Crippen LogP contribution in [0.1, 0.15) is 6.92 Å². The Morgan fingerprint density at radius 3 is 2.71 bits per heavy atom. The van der Waals surface area contributed by atoms with Crippen molar-refractivity contribution < 1.29 is 18.1 Å². The fourth-order valence-corrected chi connectivity index (χ4v) is 2.63. The van der Waals surface area contributed by atoms with E-state index in [0.29, 0.717) is 0 Å². The van der Waals surface area contributed by atoms with Crippen LogP contribution in [-0.4, -0.2) is 30.3 Å². The van der Waals surface area contributed by atoms with E-state index < -0.39 is 25.9 Å². The molecule has 7 nitrogen and oxygen atoms in total. The number of nitrogens with one attached hydrogen (secondary N) is 1. The second-order valence-corrected chi connectivity index (χ2v) is 6.95. The number of sulfone groups is 1. The van der Waals surface area contributed by atoms with E-state index in [9.17, 15) is 23.3 Å². The molecule has 1 atom stereocenters. The van der Waals surface area contributed by atoms with Crippen LogP contribution in [0, 0.1) is 10.1 Å². The van der Waals surface area contributed by atoms with Gasteiger partial charge in [0.25, 0.3) is 5.69 Å². The first-order valence-electron chi connectivity index (χ1n) is 5.76. The molecule has 0 saturated heterocycles. The maximum Gasteiger partial charge on any atom is 0.289 e. The van der Waals surface area contributed by atoms with Crippen molar-refractivity contribution in [2.24, 2.45) is 0 Å². The predicted molar refractivity (Wildman–Crippen MR) is 80.2 cm³/mol. The molecule has 0 saturated carbocycles. The number of amides is 1. The van der Waals surface area contributed by atoms with E-state index in [1.165, 1.54) is 25.1 Å². The molecule has 0 bridgehead atoms. The van der Waals surface area contributed by atoms with Gasteiger partial charge in [0, 0.05) is 11.8 Å². The molecule has 0 aliphatic heterocycles. The van der Waals surface area contributed by atoms with E-state index in [1.54, 1.807) is 0 Å². The molecule has 0 aliphatic rings. The monoisotopic (exact) mass is 332 g/mol. The first-order valence-corrected chi connectivity index (χ1v) is 7.85. The van der Waals surface area contributed by atoms with Gasteiger partial charge in [-0.1, -0.05) is 17.7 Å². The van der Waals surface area contributed by atoms with E-state index in [0.717, 1.165) is 6.07 Å². The lowest BCUT2D eigenvalue weighted by Gasteiger charge is -2.12. The van der Waals surface area contributed by atoms with Gasteiger partial charge >= 0.3 is 0 Å². The van der Waals surface area contributed by atoms with Crippen molar-refractivity contribution in [1.29, 1.82) is 0 Å². The van der Waals surface area contributed by atoms with Crippen molar-refractivity contribution in [3.8, 4) is 0 Å². The number of hydrogen-bond donors (Lipinski definition) is 1. The van der Waals surface area contributed by atoms with Crippen molar-refractivity contribution in [2.75, 3.05) is 11.1 Å². The lowest BCUT2D eigenvalue weighted by Crippen LogP contribution is -2.33. The molecule has 21 heavy (non-hydrogen) atoms. The Labute approximate surface area is 126 Å². The Hall–Kier alpha value is -1.93. The molecule has 0 aliphatic carbocycles. The standard InChI is InChI=1S/C12H13ClN2O5S/c1-3-6-21(19,20)8(2)12(16)14-9-4-5-10(13)11(7-9)15(17)18/h3-5,7-8H,1,6H2,2H3,(H,14,16). The van der Waals surface area contributed by atoms with Gasteiger partial charge in [-0.2, -0.15) is 0 Å². The van der Waals surface area contributed by atoms with Crippen LogP contribution in [0.15, 0.2) is 30.9 Å². The molecule has 1 unspecified atom stereocenters. The van der Waals surface area contributed by atoms with Crippen molar-refractivity contribution in [2.45, 2.75) is 12.2 Å². The number of nitrogens with zero attached hydrogens (tertiary/aromatic N) is 1. The summed E-state index contributed by atoms with van der Waals surface area (Å²) in [5.74, 6) is -1.11. The summed E-state index contributed by atoms with van der Waals surface area (Å²) >= 11 is 5.64. The fraction of sp³-hybridized carbons (Fsp3) is 0.250. The summed E-state index contributed by atoms with van der Waals surface area (Å²) in [4.78, 5) is 21.9. The van der Waals surface area contributed by atoms with E-state index in [-0.39, 0.29) is 22.2 Å². The molecular weight excluding hydrogens is 320 g/mol. The maximum atomic E-state index is 11.9. The van der Waals surface area contributed by atoms with Crippen molar-refractivity contribution in [3.63, 3.8) is 0 Å². The van der Waals surface area contributed by atoms with Gasteiger partial charge in [-0.3, -0.25) is 14.9 Å². The third-order valence-electron chi connectivity index (χ3n) is 2.67. The first-order chi connectivity index (χ1) is 9.69. The molecule has 0 heterocycles. The third kappa shape index (κ3) is 4.27. The summed E-state index contributed by atoms with van der Waals surface area (Å²) in [6, 6.07) is 3.66. The SMILES string of the molecule is C=CCS(=O)(=O)C(C)C(=O)Nc1ccc(Cl)c([N+](=O)[O-])c1. The molecule has 0 aromatic heterocycles. The van der Waals surface area contributed by atoms with Gasteiger partial charge < -0.3 is 5.32 Å². The second-order valence-electron chi connectivity index (χ2n) is 4.17. The maximum absolute atomic E-state index is 11.9. The highest BCUT2D eigenvalue weighted by atomic mass is 35.5. The number of halogens is 1. The third-order valence-corrected chi connectivity index (χ3v) is 4.98. The second kappa shape index (κ2) is 6.68. The summed E-state index contributed by atoms with van der Waals surface area (Å²) in [6.45, 7) is 4.55. The van der Waals surface area contributed by atoms with Crippen LogP contribution >= 0.6 is 11.6 Å². The van der Waals surface area contributed by atoms with E-state index >= 15 is 0 Å². The molecular formula is C12H13ClN2O5S. The molecule has 1 N–H and O–H groups in total. The van der Waals surface area contributed by atoms with Crippen LogP contribution in [0.25, 0.3) is 0 Å². The average molecular weight is 333 g/mol. The van der Waals surface area contributed by atoms with Crippen molar-refractivity contribution >= 4 is 38.7 Å². The largest absolute Gasteiger partial charge is 0.325 e. The summed E-state index contributed by atoms with van der Waals surface area (Å²) in [5.41, 5.74) is -0.284. The highest BCUT2D eigenvalue weighted by molar-refractivity contribution is 7.92. The highest BCUT2D eigenvalue weighted by Crippen LogP contribution is 2.27. The molecule has 0 radical (unpaired) electrons. The Morgan fingerprint density at radius 1 is 1.57 bits per heavy atom. The molecule has 1 amide bonds. The molecule has 0 spiro atoms. The van der Waals surface area contributed by atoms with Crippen molar-refractivity contribution in [1.82, 2.24) is 0 Å².